The number of Topliss-reactive ketones (excluding diaryl/α,β-unsaturated/α-hetero) is 1. The Morgan fingerprint density at radius 3 is 2.57 bits per heavy atom. The second-order valence-electron chi connectivity index (χ2n) is 8.68. The molecular formula is C28H22ClN5O3. The molecule has 4 aromatic rings. The molecule has 3 heterocycles. The molecule has 9 heteroatoms. The van der Waals surface area contributed by atoms with Crippen molar-refractivity contribution < 1.29 is 14.4 Å². The van der Waals surface area contributed by atoms with Crippen LogP contribution in [-0.4, -0.2) is 43.7 Å². The van der Waals surface area contributed by atoms with Crippen LogP contribution >= 0.6 is 11.6 Å². The number of carbonyl (C=O) groups is 3. The first-order valence-corrected chi connectivity index (χ1v) is 12.1. The van der Waals surface area contributed by atoms with Gasteiger partial charge in [-0.2, -0.15) is 5.10 Å². The molecule has 1 aliphatic rings. The molecule has 0 spiro atoms. The molecule has 2 amide bonds. The average molecular weight is 512 g/mol. The normalized spacial score (nSPS) is 15.2. The van der Waals surface area contributed by atoms with E-state index < -0.39 is 6.04 Å². The zero-order valence-electron chi connectivity index (χ0n) is 19.7. The van der Waals surface area contributed by atoms with Crippen molar-refractivity contribution >= 4 is 35.0 Å². The van der Waals surface area contributed by atoms with Crippen LogP contribution in [0.1, 0.15) is 37.5 Å². The number of halogens is 1. The first-order valence-electron chi connectivity index (χ1n) is 11.7. The second-order valence-corrected chi connectivity index (χ2v) is 9.11. The van der Waals surface area contributed by atoms with Crippen molar-refractivity contribution in [1.29, 1.82) is 0 Å². The lowest BCUT2D eigenvalue weighted by molar-refractivity contribution is -0.122. The highest BCUT2D eigenvalue weighted by Crippen LogP contribution is 2.27. The van der Waals surface area contributed by atoms with Crippen molar-refractivity contribution in [3.63, 3.8) is 0 Å². The first kappa shape index (κ1) is 24.3. The summed E-state index contributed by atoms with van der Waals surface area (Å²) in [6.45, 7) is 0.191. The molecule has 5 rings (SSSR count). The van der Waals surface area contributed by atoms with Gasteiger partial charge in [0.15, 0.2) is 11.6 Å². The molecule has 37 heavy (non-hydrogen) atoms. The van der Waals surface area contributed by atoms with Crippen molar-refractivity contribution in [1.82, 2.24) is 20.1 Å². The summed E-state index contributed by atoms with van der Waals surface area (Å²) in [7, 11) is 0. The molecule has 0 saturated carbocycles. The van der Waals surface area contributed by atoms with Gasteiger partial charge in [-0.1, -0.05) is 29.8 Å². The summed E-state index contributed by atoms with van der Waals surface area (Å²) in [4.78, 5) is 45.7. The summed E-state index contributed by atoms with van der Waals surface area (Å²) in [5.74, 6) is -0.309. The van der Waals surface area contributed by atoms with Gasteiger partial charge in [-0.25, -0.2) is 0 Å². The minimum atomic E-state index is -0.701. The number of aromatic nitrogens is 3. The van der Waals surface area contributed by atoms with E-state index in [9.17, 15) is 14.4 Å². The maximum Gasteiger partial charge on any atom is 0.256 e. The fourth-order valence-electron chi connectivity index (χ4n) is 4.33. The summed E-state index contributed by atoms with van der Waals surface area (Å²) in [5.41, 5.74) is 3.00. The molecular weight excluding hydrogens is 490 g/mol. The molecule has 1 atom stereocenters. The van der Waals surface area contributed by atoms with Crippen LogP contribution in [0.2, 0.25) is 5.02 Å². The van der Waals surface area contributed by atoms with Crippen molar-refractivity contribution in [3.05, 3.63) is 118 Å². The van der Waals surface area contributed by atoms with E-state index >= 15 is 0 Å². The fourth-order valence-corrected chi connectivity index (χ4v) is 4.53. The number of benzene rings is 2. The third-order valence-electron chi connectivity index (χ3n) is 6.18. The Hall–Kier alpha value is -4.43. The van der Waals surface area contributed by atoms with Gasteiger partial charge in [0.1, 0.15) is 0 Å². The standard InChI is InChI=1S/C28H22ClN5O3/c29-21-10-11-23-20(14-21)15-25(35)24(16-22-4-1-2-12-30-22)34(28(23)37)17-18-6-8-19(9-7-18)27(36)32-26-5-3-13-31-33-26/h1-14,24H,15-17H2,(H,32,33,36)/t24-/m1/s1. The third kappa shape index (κ3) is 5.54. The average Bonchev–Trinajstić information content (AvgIpc) is 3.00. The van der Waals surface area contributed by atoms with Crippen LogP contribution in [0.25, 0.3) is 0 Å². The minimum Gasteiger partial charge on any atom is -0.324 e. The molecule has 1 aliphatic heterocycles. The molecule has 1 N–H and O–H groups in total. The number of nitrogens with one attached hydrogen (secondary N) is 1. The zero-order chi connectivity index (χ0) is 25.8. The zero-order valence-corrected chi connectivity index (χ0v) is 20.4. The minimum absolute atomic E-state index is 0.0833. The number of anilines is 1. The van der Waals surface area contributed by atoms with Crippen molar-refractivity contribution in [3.8, 4) is 0 Å². The van der Waals surface area contributed by atoms with Crippen LogP contribution in [0.3, 0.4) is 0 Å². The fraction of sp³-hybridized carbons (Fsp3) is 0.143. The van der Waals surface area contributed by atoms with Gasteiger partial charge < -0.3 is 10.2 Å². The lowest BCUT2D eigenvalue weighted by atomic mass is 9.99. The van der Waals surface area contributed by atoms with E-state index in [-0.39, 0.29) is 30.6 Å². The molecule has 2 aromatic heterocycles. The van der Waals surface area contributed by atoms with E-state index in [1.807, 2.05) is 12.1 Å². The van der Waals surface area contributed by atoms with Crippen LogP contribution in [0.15, 0.2) is 85.2 Å². The number of carbonyl (C=O) groups excluding carboxylic acids is 3. The Labute approximate surface area is 218 Å². The Morgan fingerprint density at radius 2 is 1.84 bits per heavy atom. The number of hydrogen-bond donors (Lipinski definition) is 1. The molecule has 0 unspecified atom stereocenters. The van der Waals surface area contributed by atoms with Crippen molar-refractivity contribution in [2.45, 2.75) is 25.4 Å². The molecule has 2 aromatic carbocycles. The second kappa shape index (κ2) is 10.7. The van der Waals surface area contributed by atoms with Crippen LogP contribution in [-0.2, 0) is 24.2 Å². The van der Waals surface area contributed by atoms with Crippen LogP contribution < -0.4 is 5.32 Å². The molecule has 0 radical (unpaired) electrons. The summed E-state index contributed by atoms with van der Waals surface area (Å²) >= 11 is 6.16. The van der Waals surface area contributed by atoms with Gasteiger partial charge in [0.05, 0.1) is 6.04 Å². The Balaban J connectivity index is 1.42. The Kier molecular flexibility index (Phi) is 7.00. The number of amides is 2. The number of ketones is 1. The smallest absolute Gasteiger partial charge is 0.256 e. The summed E-state index contributed by atoms with van der Waals surface area (Å²) in [6, 6.07) is 20.0. The topological polar surface area (TPSA) is 105 Å². The number of hydrogen-bond acceptors (Lipinski definition) is 6. The molecule has 0 bridgehead atoms. The van der Waals surface area contributed by atoms with Crippen LogP contribution in [0, 0.1) is 0 Å². The van der Waals surface area contributed by atoms with Gasteiger partial charge in [0.25, 0.3) is 11.8 Å². The van der Waals surface area contributed by atoms with E-state index in [0.29, 0.717) is 34.0 Å². The van der Waals surface area contributed by atoms with Gasteiger partial charge in [-0.15, -0.1) is 5.10 Å². The van der Waals surface area contributed by atoms with E-state index in [0.717, 1.165) is 11.3 Å². The monoisotopic (exact) mass is 511 g/mol. The van der Waals surface area contributed by atoms with Gasteiger partial charge in [0.2, 0.25) is 0 Å². The SMILES string of the molecule is O=C(Nc1cccnn1)c1ccc(CN2C(=O)c3ccc(Cl)cc3CC(=O)[C@H]2Cc2ccccn2)cc1. The number of fused-ring (bicyclic) bond motifs is 1. The highest BCUT2D eigenvalue weighted by molar-refractivity contribution is 6.30. The quantitative estimate of drug-likeness (QED) is 0.417. The predicted octanol–water partition coefficient (Wildman–Crippen LogP) is 4.16. The van der Waals surface area contributed by atoms with Crippen molar-refractivity contribution in [2.75, 3.05) is 5.32 Å². The molecule has 0 fully saturated rings. The highest BCUT2D eigenvalue weighted by Gasteiger charge is 2.35. The number of pyridine rings is 1. The Morgan fingerprint density at radius 1 is 1.00 bits per heavy atom. The highest BCUT2D eigenvalue weighted by atomic mass is 35.5. The molecule has 8 nitrogen and oxygen atoms in total. The predicted molar refractivity (Wildman–Crippen MR) is 138 cm³/mol. The molecule has 0 saturated heterocycles. The summed E-state index contributed by atoms with van der Waals surface area (Å²) in [6.07, 6.45) is 3.60. The lowest BCUT2D eigenvalue weighted by Gasteiger charge is -2.29. The lowest BCUT2D eigenvalue weighted by Crippen LogP contribution is -2.44. The maximum atomic E-state index is 13.7. The summed E-state index contributed by atoms with van der Waals surface area (Å²) in [5, 5.41) is 10.8. The third-order valence-corrected chi connectivity index (χ3v) is 6.42. The van der Waals surface area contributed by atoms with Gasteiger partial charge >= 0.3 is 0 Å². The first-order chi connectivity index (χ1) is 18.0. The Bertz CT molecular complexity index is 1450. The van der Waals surface area contributed by atoms with Gasteiger partial charge in [0, 0.05) is 53.6 Å². The van der Waals surface area contributed by atoms with E-state index in [1.165, 1.54) is 6.20 Å². The number of nitrogens with zero attached hydrogens (tertiary/aromatic N) is 4. The van der Waals surface area contributed by atoms with E-state index in [4.69, 9.17) is 11.6 Å². The maximum absolute atomic E-state index is 13.7. The van der Waals surface area contributed by atoms with Gasteiger partial charge in [-0.3, -0.25) is 19.4 Å². The molecule has 0 aliphatic carbocycles. The van der Waals surface area contributed by atoms with Crippen LogP contribution in [0.5, 0.6) is 0 Å². The molecule has 184 valence electrons. The van der Waals surface area contributed by atoms with E-state index in [2.05, 4.69) is 20.5 Å². The summed E-state index contributed by atoms with van der Waals surface area (Å²) < 4.78 is 0. The van der Waals surface area contributed by atoms with Crippen LogP contribution in [0.4, 0.5) is 5.82 Å². The van der Waals surface area contributed by atoms with E-state index in [1.54, 1.807) is 71.8 Å². The largest absolute Gasteiger partial charge is 0.324 e. The van der Waals surface area contributed by atoms with Gasteiger partial charge in [-0.05, 0) is 65.7 Å². The van der Waals surface area contributed by atoms with Crippen molar-refractivity contribution in [2.24, 2.45) is 0 Å². The number of rotatable bonds is 6.